The Morgan fingerprint density at radius 3 is 1.45 bits per heavy atom. The van der Waals surface area contributed by atoms with E-state index in [9.17, 15) is 9.90 Å². The third-order valence-corrected chi connectivity index (χ3v) is 11.5. The monoisotopic (exact) mass is 682 g/mol. The average Bonchev–Trinajstić information content (AvgIpc) is 3.37. The van der Waals surface area contributed by atoms with E-state index in [0.29, 0.717) is 23.7 Å². The molecule has 2 aliphatic carbocycles. The number of benzene rings is 4. The van der Waals surface area contributed by atoms with E-state index in [-0.39, 0.29) is 27.2 Å². The number of carbonyl (C=O) groups is 1. The standard InChI is InChI=1S/C23H25NO.C22H25NO.2CH4/c1-16(25)22-15-18-7-3-4-8-19(18)23(17-11-13-24(2)14-12-17)21-10-6-5-9-20(21)22;1-23-12-10-16(11-13-23)22-20-8-3-2-6-17(20)14-18(15-24)19-7-4-5-9-21(19)22;;/h3-10,15,17,23H,11-14H2,1-2H3;2-9,14,16,22,24H,10-13,15H2,1H3;2*1H4. The van der Waals surface area contributed by atoms with Crippen molar-refractivity contribution in [3.8, 4) is 0 Å². The highest BCUT2D eigenvalue weighted by molar-refractivity contribution is 6.25. The van der Waals surface area contributed by atoms with Gasteiger partial charge in [0.1, 0.15) is 0 Å². The van der Waals surface area contributed by atoms with Crippen LogP contribution in [0.25, 0.3) is 23.3 Å². The molecule has 0 saturated carbocycles. The lowest BCUT2D eigenvalue weighted by atomic mass is 9.74. The van der Waals surface area contributed by atoms with Crippen molar-refractivity contribution >= 4 is 29.1 Å². The van der Waals surface area contributed by atoms with Crippen molar-refractivity contribution < 1.29 is 9.90 Å². The minimum atomic E-state index is 0. The molecule has 0 aromatic heterocycles. The van der Waals surface area contributed by atoms with Crippen molar-refractivity contribution in [2.24, 2.45) is 11.8 Å². The lowest BCUT2D eigenvalue weighted by molar-refractivity contribution is -0.111. The van der Waals surface area contributed by atoms with Crippen molar-refractivity contribution in [1.29, 1.82) is 0 Å². The largest absolute Gasteiger partial charge is 0.392 e. The molecule has 4 aromatic carbocycles. The molecule has 2 atom stereocenters. The molecule has 0 bridgehead atoms. The normalized spacial score (nSPS) is 20.5. The van der Waals surface area contributed by atoms with E-state index in [1.165, 1.54) is 77.7 Å². The van der Waals surface area contributed by atoms with Gasteiger partial charge in [-0.15, -0.1) is 0 Å². The van der Waals surface area contributed by atoms with E-state index in [2.05, 4.69) is 133 Å². The second kappa shape index (κ2) is 17.0. The molecular formula is C47H58N2O2. The van der Waals surface area contributed by atoms with E-state index in [0.717, 1.165) is 29.8 Å². The van der Waals surface area contributed by atoms with Gasteiger partial charge in [0.25, 0.3) is 0 Å². The van der Waals surface area contributed by atoms with Crippen LogP contribution in [0.3, 0.4) is 0 Å². The van der Waals surface area contributed by atoms with Gasteiger partial charge in [0, 0.05) is 17.4 Å². The quantitative estimate of drug-likeness (QED) is 0.233. The number of rotatable bonds is 4. The van der Waals surface area contributed by atoms with Gasteiger partial charge in [-0.25, -0.2) is 0 Å². The van der Waals surface area contributed by atoms with Crippen LogP contribution in [0.1, 0.15) is 104 Å². The van der Waals surface area contributed by atoms with Gasteiger partial charge >= 0.3 is 0 Å². The van der Waals surface area contributed by atoms with Crippen LogP contribution in [0.5, 0.6) is 0 Å². The summed E-state index contributed by atoms with van der Waals surface area (Å²) in [6.45, 7) is 6.42. The minimum Gasteiger partial charge on any atom is -0.392 e. The van der Waals surface area contributed by atoms with Gasteiger partial charge in [0.05, 0.1) is 6.61 Å². The van der Waals surface area contributed by atoms with Crippen molar-refractivity contribution in [3.05, 3.63) is 142 Å². The molecule has 2 unspecified atom stereocenters. The first-order valence-corrected chi connectivity index (χ1v) is 18.2. The van der Waals surface area contributed by atoms with Gasteiger partial charge in [-0.05, 0) is 147 Å². The number of hydrogen-bond donors (Lipinski definition) is 1. The maximum Gasteiger partial charge on any atom is 0.160 e. The van der Waals surface area contributed by atoms with Gasteiger partial charge in [0.2, 0.25) is 0 Å². The van der Waals surface area contributed by atoms with Crippen molar-refractivity contribution in [3.63, 3.8) is 0 Å². The first kappa shape index (κ1) is 38.1. The van der Waals surface area contributed by atoms with E-state index in [1.54, 1.807) is 6.92 Å². The summed E-state index contributed by atoms with van der Waals surface area (Å²) in [6, 6.07) is 34.6. The maximum atomic E-state index is 12.4. The van der Waals surface area contributed by atoms with Crippen LogP contribution in [0.2, 0.25) is 0 Å². The lowest BCUT2D eigenvalue weighted by Gasteiger charge is -2.35. The van der Waals surface area contributed by atoms with Crippen LogP contribution in [-0.2, 0) is 4.79 Å². The van der Waals surface area contributed by atoms with Crippen molar-refractivity contribution in [2.75, 3.05) is 46.9 Å². The molecule has 0 radical (unpaired) electrons. The van der Waals surface area contributed by atoms with Crippen molar-refractivity contribution in [2.45, 2.75) is 59.3 Å². The number of nitrogens with zero attached hydrogens (tertiary/aromatic N) is 2. The topological polar surface area (TPSA) is 43.8 Å². The summed E-state index contributed by atoms with van der Waals surface area (Å²) in [6.07, 6.45) is 9.17. The number of Topliss-reactive ketones (excluding diaryl/α,β-unsaturated/α-hetero) is 1. The molecule has 4 aromatic rings. The molecule has 2 saturated heterocycles. The van der Waals surface area contributed by atoms with E-state index in [4.69, 9.17) is 0 Å². The number of likely N-dealkylation sites (tertiary alicyclic amines) is 2. The smallest absolute Gasteiger partial charge is 0.160 e. The molecule has 268 valence electrons. The summed E-state index contributed by atoms with van der Waals surface area (Å²) in [7, 11) is 4.43. The Morgan fingerprint density at radius 1 is 0.588 bits per heavy atom. The highest BCUT2D eigenvalue weighted by Crippen LogP contribution is 2.46. The molecule has 4 nitrogen and oxygen atoms in total. The molecule has 8 rings (SSSR count). The fraction of sp³-hybridized carbons (Fsp3) is 0.383. The molecule has 1 N–H and O–H groups in total. The molecule has 0 spiro atoms. The van der Waals surface area contributed by atoms with Crippen LogP contribution >= 0.6 is 0 Å². The Hall–Kier alpha value is -4.09. The zero-order valence-corrected chi connectivity index (χ0v) is 29.3. The van der Waals surface area contributed by atoms with Gasteiger partial charge < -0.3 is 14.9 Å². The van der Waals surface area contributed by atoms with Gasteiger partial charge in [-0.1, -0.05) is 112 Å². The Morgan fingerprint density at radius 2 is 0.980 bits per heavy atom. The Bertz CT molecular complexity index is 1860. The number of aliphatic hydroxyl groups excluding tert-OH is 1. The molecule has 2 aliphatic heterocycles. The molecule has 4 heteroatoms. The second-order valence-corrected chi connectivity index (χ2v) is 14.6. The fourth-order valence-corrected chi connectivity index (χ4v) is 8.92. The Balaban J connectivity index is 0.000000190. The summed E-state index contributed by atoms with van der Waals surface area (Å²) in [4.78, 5) is 17.2. The molecule has 0 amide bonds. The average molecular weight is 683 g/mol. The SMILES string of the molecule is C.C.CC(=O)C1=Cc2ccccc2C(C2CCN(C)CC2)c2ccccc21.CN1CCC(C2c3ccccc3C=C(CO)c3ccccc32)CC1. The van der Waals surface area contributed by atoms with E-state index < -0.39 is 0 Å². The van der Waals surface area contributed by atoms with Crippen LogP contribution in [-0.4, -0.2) is 67.6 Å². The van der Waals surface area contributed by atoms with Crippen LogP contribution < -0.4 is 0 Å². The number of piperidine rings is 2. The second-order valence-electron chi connectivity index (χ2n) is 14.6. The first-order chi connectivity index (χ1) is 23.9. The van der Waals surface area contributed by atoms with E-state index in [1.807, 2.05) is 0 Å². The third kappa shape index (κ3) is 7.89. The molecule has 2 fully saturated rings. The molecule has 51 heavy (non-hydrogen) atoms. The number of ketones is 1. The zero-order chi connectivity index (χ0) is 33.9. The lowest BCUT2D eigenvalue weighted by Crippen LogP contribution is -2.33. The predicted octanol–water partition coefficient (Wildman–Crippen LogP) is 9.88. The van der Waals surface area contributed by atoms with Gasteiger partial charge in [-0.2, -0.15) is 0 Å². The summed E-state index contributed by atoms with van der Waals surface area (Å²) >= 11 is 0. The summed E-state index contributed by atoms with van der Waals surface area (Å²) < 4.78 is 0. The summed E-state index contributed by atoms with van der Waals surface area (Å²) in [5, 5.41) is 9.94. The van der Waals surface area contributed by atoms with Crippen molar-refractivity contribution in [1.82, 2.24) is 9.80 Å². The number of allylic oxidation sites excluding steroid dienone is 1. The molecule has 4 aliphatic rings. The number of aliphatic hydroxyl groups is 1. The number of hydrogen-bond acceptors (Lipinski definition) is 4. The van der Waals surface area contributed by atoms with Crippen LogP contribution in [0, 0.1) is 11.8 Å². The highest BCUT2D eigenvalue weighted by Gasteiger charge is 2.34. The fourth-order valence-electron chi connectivity index (χ4n) is 8.92. The van der Waals surface area contributed by atoms with Crippen LogP contribution in [0.15, 0.2) is 97.1 Å². The predicted molar refractivity (Wildman–Crippen MR) is 217 cm³/mol. The Kier molecular flexibility index (Phi) is 12.7. The maximum absolute atomic E-state index is 12.4. The highest BCUT2D eigenvalue weighted by atomic mass is 16.3. The Labute approximate surface area is 307 Å². The minimum absolute atomic E-state index is 0. The van der Waals surface area contributed by atoms with E-state index >= 15 is 0 Å². The first-order valence-electron chi connectivity index (χ1n) is 18.2. The zero-order valence-electron chi connectivity index (χ0n) is 29.3. The summed E-state index contributed by atoms with van der Waals surface area (Å²) in [5.41, 5.74) is 12.2. The number of carbonyl (C=O) groups excluding carboxylic acids is 1. The van der Waals surface area contributed by atoms with Gasteiger partial charge in [-0.3, -0.25) is 4.79 Å². The molecular weight excluding hydrogens is 625 g/mol. The van der Waals surface area contributed by atoms with Gasteiger partial charge in [0.15, 0.2) is 5.78 Å². The number of fused-ring (bicyclic) bond motifs is 4. The molecule has 2 heterocycles. The van der Waals surface area contributed by atoms with Crippen LogP contribution in [0.4, 0.5) is 0 Å². The third-order valence-electron chi connectivity index (χ3n) is 11.5. The summed E-state index contributed by atoms with van der Waals surface area (Å²) in [5.74, 6) is 2.22.